The number of hydrogen-bond donors (Lipinski definition) is 2. The van der Waals surface area contributed by atoms with Gasteiger partial charge in [-0.25, -0.2) is 4.79 Å². The molecule has 1 atom stereocenters. The van der Waals surface area contributed by atoms with Crippen LogP contribution in [0.25, 0.3) is 0 Å². The summed E-state index contributed by atoms with van der Waals surface area (Å²) >= 11 is 0.824. The topological polar surface area (TPSA) is 104 Å². The largest absolute Gasteiger partial charge is 0.477 e. The van der Waals surface area contributed by atoms with Crippen LogP contribution in [0.2, 0.25) is 0 Å². The van der Waals surface area contributed by atoms with Gasteiger partial charge in [0.05, 0.1) is 4.88 Å². The maximum Gasteiger partial charge on any atom is 0.345 e. The smallest absolute Gasteiger partial charge is 0.345 e. The number of rotatable bonds is 3. The average molecular weight is 296 g/mol. The molecule has 0 bridgehead atoms. The lowest BCUT2D eigenvalue weighted by atomic mass is 10.1. The van der Waals surface area contributed by atoms with E-state index in [-0.39, 0.29) is 16.3 Å². The van der Waals surface area contributed by atoms with Gasteiger partial charge in [-0.3, -0.25) is 19.7 Å². The highest BCUT2D eigenvalue weighted by molar-refractivity contribution is 7.15. The van der Waals surface area contributed by atoms with Crippen LogP contribution in [-0.4, -0.2) is 46.3 Å². The van der Waals surface area contributed by atoms with E-state index in [1.54, 1.807) is 6.92 Å². The number of hydrogen-bond acceptors (Lipinski definition) is 5. The molecular formula is C12H12N2O5S. The van der Waals surface area contributed by atoms with Gasteiger partial charge in [-0.1, -0.05) is 6.92 Å². The Balaban J connectivity index is 2.27. The Morgan fingerprint density at radius 1 is 1.40 bits per heavy atom. The van der Waals surface area contributed by atoms with Gasteiger partial charge in [-0.15, -0.1) is 11.3 Å². The van der Waals surface area contributed by atoms with E-state index in [4.69, 9.17) is 5.11 Å². The molecule has 1 aliphatic heterocycles. The Morgan fingerprint density at radius 3 is 2.60 bits per heavy atom. The third kappa shape index (κ3) is 2.55. The molecule has 1 aromatic heterocycles. The van der Waals surface area contributed by atoms with Crippen LogP contribution in [0.1, 0.15) is 32.7 Å². The molecule has 106 valence electrons. The van der Waals surface area contributed by atoms with E-state index in [1.165, 1.54) is 17.0 Å². The number of carboxylic acid groups (broad SMARTS) is 1. The molecule has 0 aliphatic carbocycles. The monoisotopic (exact) mass is 296 g/mol. The van der Waals surface area contributed by atoms with Gasteiger partial charge >= 0.3 is 5.97 Å². The number of piperazine rings is 1. The number of nitrogens with one attached hydrogen (secondary N) is 1. The van der Waals surface area contributed by atoms with E-state index in [0.717, 1.165) is 11.3 Å². The van der Waals surface area contributed by atoms with Crippen molar-refractivity contribution >= 4 is 35.0 Å². The summed E-state index contributed by atoms with van der Waals surface area (Å²) in [6.07, 6.45) is 0.377. The maximum atomic E-state index is 12.3. The van der Waals surface area contributed by atoms with Crippen molar-refractivity contribution in [2.75, 3.05) is 6.54 Å². The molecule has 1 saturated heterocycles. The number of carbonyl (C=O) groups is 4. The summed E-state index contributed by atoms with van der Waals surface area (Å²) in [6, 6.07) is 2.00. The fourth-order valence-corrected chi connectivity index (χ4v) is 2.80. The zero-order valence-electron chi connectivity index (χ0n) is 10.6. The number of carbonyl (C=O) groups excluding carboxylic acids is 3. The molecule has 0 spiro atoms. The SMILES string of the molecule is CCC1C(=O)NC(=O)CN1C(=O)c1ccc(C(=O)O)s1. The number of imide groups is 1. The Kier molecular flexibility index (Phi) is 3.84. The molecule has 20 heavy (non-hydrogen) atoms. The van der Waals surface area contributed by atoms with Crippen LogP contribution in [0, 0.1) is 0 Å². The van der Waals surface area contributed by atoms with Crippen LogP contribution in [0.4, 0.5) is 0 Å². The van der Waals surface area contributed by atoms with Gasteiger partial charge in [0.1, 0.15) is 17.5 Å². The van der Waals surface area contributed by atoms with Gasteiger partial charge in [0, 0.05) is 0 Å². The highest BCUT2D eigenvalue weighted by Crippen LogP contribution is 2.21. The first-order valence-electron chi connectivity index (χ1n) is 5.91. The average Bonchev–Trinajstić information content (AvgIpc) is 2.86. The standard InChI is InChI=1S/C12H12N2O5S/c1-2-6-10(16)13-9(15)5-14(6)11(17)7-3-4-8(20-7)12(18)19/h3-4,6H,2,5H2,1H3,(H,18,19)(H,13,15,16). The minimum absolute atomic E-state index is 0.0363. The second-order valence-electron chi connectivity index (χ2n) is 4.24. The highest BCUT2D eigenvalue weighted by Gasteiger charge is 2.36. The van der Waals surface area contributed by atoms with Crippen LogP contribution in [-0.2, 0) is 9.59 Å². The third-order valence-electron chi connectivity index (χ3n) is 2.93. The van der Waals surface area contributed by atoms with E-state index in [0.29, 0.717) is 6.42 Å². The van der Waals surface area contributed by atoms with E-state index in [1.807, 2.05) is 0 Å². The van der Waals surface area contributed by atoms with Crippen molar-refractivity contribution in [3.05, 3.63) is 21.9 Å². The molecule has 1 unspecified atom stereocenters. The summed E-state index contributed by atoms with van der Waals surface area (Å²) in [7, 11) is 0. The van der Waals surface area contributed by atoms with Crippen LogP contribution in [0.15, 0.2) is 12.1 Å². The molecule has 0 aromatic carbocycles. The molecule has 1 fully saturated rings. The Bertz CT molecular complexity index is 594. The molecule has 1 aromatic rings. The lowest BCUT2D eigenvalue weighted by Gasteiger charge is -2.33. The molecule has 0 radical (unpaired) electrons. The van der Waals surface area contributed by atoms with Crippen molar-refractivity contribution < 1.29 is 24.3 Å². The van der Waals surface area contributed by atoms with Crippen molar-refractivity contribution in [1.82, 2.24) is 10.2 Å². The van der Waals surface area contributed by atoms with Crippen molar-refractivity contribution in [3.8, 4) is 0 Å². The zero-order valence-corrected chi connectivity index (χ0v) is 11.4. The van der Waals surface area contributed by atoms with Crippen LogP contribution in [0.5, 0.6) is 0 Å². The highest BCUT2D eigenvalue weighted by atomic mass is 32.1. The minimum atomic E-state index is -1.12. The van der Waals surface area contributed by atoms with Gasteiger partial charge in [-0.2, -0.15) is 0 Å². The molecule has 3 amide bonds. The Hall–Kier alpha value is -2.22. The fourth-order valence-electron chi connectivity index (χ4n) is 2.00. The summed E-state index contributed by atoms with van der Waals surface area (Å²) in [4.78, 5) is 47.6. The molecule has 2 heterocycles. The molecule has 2 rings (SSSR count). The number of nitrogens with zero attached hydrogens (tertiary/aromatic N) is 1. The zero-order chi connectivity index (χ0) is 14.9. The Morgan fingerprint density at radius 2 is 2.05 bits per heavy atom. The molecule has 8 heteroatoms. The second-order valence-corrected chi connectivity index (χ2v) is 5.32. The van der Waals surface area contributed by atoms with Crippen LogP contribution < -0.4 is 5.32 Å². The third-order valence-corrected chi connectivity index (χ3v) is 3.99. The van der Waals surface area contributed by atoms with Gasteiger partial charge in [-0.05, 0) is 18.6 Å². The molecule has 0 saturated carbocycles. The fraction of sp³-hybridized carbons (Fsp3) is 0.333. The lowest BCUT2D eigenvalue weighted by Crippen LogP contribution is -2.59. The lowest BCUT2D eigenvalue weighted by molar-refractivity contribution is -0.138. The maximum absolute atomic E-state index is 12.3. The predicted octanol–water partition coefficient (Wildman–Crippen LogP) is 0.323. The summed E-state index contributed by atoms with van der Waals surface area (Å²) < 4.78 is 0. The number of thiophene rings is 1. The van der Waals surface area contributed by atoms with Crippen molar-refractivity contribution in [2.24, 2.45) is 0 Å². The van der Waals surface area contributed by atoms with Gasteiger partial charge in [0.15, 0.2) is 0 Å². The van der Waals surface area contributed by atoms with Crippen molar-refractivity contribution in [3.63, 3.8) is 0 Å². The minimum Gasteiger partial charge on any atom is -0.477 e. The van der Waals surface area contributed by atoms with E-state index in [9.17, 15) is 19.2 Å². The Labute approximate surface area is 118 Å². The predicted molar refractivity (Wildman–Crippen MR) is 69.5 cm³/mol. The summed E-state index contributed by atoms with van der Waals surface area (Å²) in [6.45, 7) is 1.53. The first-order chi connectivity index (χ1) is 9.43. The molecule has 2 N–H and O–H groups in total. The second kappa shape index (κ2) is 5.41. The van der Waals surface area contributed by atoms with E-state index < -0.39 is 29.7 Å². The van der Waals surface area contributed by atoms with Gasteiger partial charge in [0.2, 0.25) is 11.8 Å². The van der Waals surface area contributed by atoms with Crippen LogP contribution in [0.3, 0.4) is 0 Å². The van der Waals surface area contributed by atoms with Crippen molar-refractivity contribution in [1.29, 1.82) is 0 Å². The summed E-state index contributed by atoms with van der Waals surface area (Å²) in [5.41, 5.74) is 0. The summed E-state index contributed by atoms with van der Waals surface area (Å²) in [5.74, 6) is -2.67. The molecular weight excluding hydrogens is 284 g/mol. The quantitative estimate of drug-likeness (QED) is 0.782. The first-order valence-corrected chi connectivity index (χ1v) is 6.73. The van der Waals surface area contributed by atoms with Crippen molar-refractivity contribution in [2.45, 2.75) is 19.4 Å². The molecule has 1 aliphatic rings. The van der Waals surface area contributed by atoms with E-state index in [2.05, 4.69) is 5.32 Å². The normalized spacial score (nSPS) is 18.9. The van der Waals surface area contributed by atoms with Crippen LogP contribution >= 0.6 is 11.3 Å². The number of aromatic carboxylic acids is 1. The van der Waals surface area contributed by atoms with E-state index >= 15 is 0 Å². The molecule has 7 nitrogen and oxygen atoms in total. The summed E-state index contributed by atoms with van der Waals surface area (Å²) in [5, 5.41) is 11.0. The van der Waals surface area contributed by atoms with Gasteiger partial charge in [0.25, 0.3) is 5.91 Å². The van der Waals surface area contributed by atoms with Gasteiger partial charge < -0.3 is 10.0 Å². The number of amides is 3. The number of carboxylic acids is 1. The first kappa shape index (κ1) is 14.2.